The second-order valence-corrected chi connectivity index (χ2v) is 6.82. The van der Waals surface area contributed by atoms with Crippen molar-refractivity contribution in [3.05, 3.63) is 65.4 Å². The molecule has 0 aliphatic rings. The molecule has 0 radical (unpaired) electrons. The van der Waals surface area contributed by atoms with Gasteiger partial charge in [-0.2, -0.15) is 0 Å². The standard InChI is InChI=1S/C23H27N3O2/c1-4-28-23(27)20-15-26-21-17(3)13-16(2)14-19(21)22(20)25-12-8-11-24-18-9-6-5-7-10-18/h5-7,9-10,13-15,24H,4,8,11-12H2,1-3H3,(H,25,26). The van der Waals surface area contributed by atoms with Crippen molar-refractivity contribution in [3.63, 3.8) is 0 Å². The van der Waals surface area contributed by atoms with E-state index in [0.29, 0.717) is 12.2 Å². The van der Waals surface area contributed by atoms with Gasteiger partial charge in [0.2, 0.25) is 0 Å². The summed E-state index contributed by atoms with van der Waals surface area (Å²) in [5.41, 5.74) is 5.53. The van der Waals surface area contributed by atoms with Crippen LogP contribution in [0.4, 0.5) is 11.4 Å². The molecule has 0 spiro atoms. The Morgan fingerprint density at radius 2 is 1.82 bits per heavy atom. The van der Waals surface area contributed by atoms with Crippen LogP contribution in [0.25, 0.3) is 10.9 Å². The number of hydrogen-bond acceptors (Lipinski definition) is 5. The van der Waals surface area contributed by atoms with E-state index < -0.39 is 0 Å². The number of anilines is 2. The van der Waals surface area contributed by atoms with Gasteiger partial charge in [-0.1, -0.05) is 29.8 Å². The van der Waals surface area contributed by atoms with Crippen LogP contribution in [-0.2, 0) is 4.74 Å². The molecular weight excluding hydrogens is 350 g/mol. The van der Waals surface area contributed by atoms with Gasteiger partial charge >= 0.3 is 5.97 Å². The predicted molar refractivity (Wildman–Crippen MR) is 115 cm³/mol. The van der Waals surface area contributed by atoms with Crippen LogP contribution in [0.1, 0.15) is 34.8 Å². The zero-order valence-electron chi connectivity index (χ0n) is 16.7. The summed E-state index contributed by atoms with van der Waals surface area (Å²) in [6, 6.07) is 14.3. The maximum Gasteiger partial charge on any atom is 0.341 e. The smallest absolute Gasteiger partial charge is 0.341 e. The van der Waals surface area contributed by atoms with Crippen molar-refractivity contribution in [2.75, 3.05) is 30.3 Å². The van der Waals surface area contributed by atoms with Gasteiger partial charge in [0.05, 0.1) is 17.8 Å². The first-order valence-corrected chi connectivity index (χ1v) is 9.70. The number of aromatic nitrogens is 1. The molecule has 1 aromatic heterocycles. The molecule has 0 saturated heterocycles. The number of hydrogen-bond donors (Lipinski definition) is 2. The SMILES string of the molecule is CCOC(=O)c1cnc2c(C)cc(C)cc2c1NCCCNc1ccccc1. The van der Waals surface area contributed by atoms with Crippen LogP contribution in [0.5, 0.6) is 0 Å². The number of carbonyl (C=O) groups excluding carboxylic acids is 1. The van der Waals surface area contributed by atoms with E-state index in [1.165, 1.54) is 0 Å². The molecule has 5 heteroatoms. The van der Waals surface area contributed by atoms with Crippen LogP contribution in [0.15, 0.2) is 48.7 Å². The molecule has 0 aliphatic heterocycles. The molecule has 0 aliphatic carbocycles. The number of para-hydroxylation sites is 1. The van der Waals surface area contributed by atoms with Crippen LogP contribution in [0.3, 0.4) is 0 Å². The average molecular weight is 377 g/mol. The lowest BCUT2D eigenvalue weighted by atomic mass is 10.0. The van der Waals surface area contributed by atoms with Crippen LogP contribution in [-0.4, -0.2) is 30.6 Å². The Hall–Kier alpha value is -3.08. The molecular formula is C23H27N3O2. The molecule has 0 fully saturated rings. The van der Waals surface area contributed by atoms with Gasteiger partial charge in [0.25, 0.3) is 0 Å². The molecule has 0 unspecified atom stereocenters. The number of nitrogens with one attached hydrogen (secondary N) is 2. The van der Waals surface area contributed by atoms with Crippen LogP contribution >= 0.6 is 0 Å². The Labute approximate surface area is 166 Å². The number of pyridine rings is 1. The van der Waals surface area contributed by atoms with Crippen LogP contribution < -0.4 is 10.6 Å². The number of nitrogens with zero attached hydrogens (tertiary/aromatic N) is 1. The summed E-state index contributed by atoms with van der Waals surface area (Å²) in [7, 11) is 0. The van der Waals surface area contributed by atoms with Crippen LogP contribution in [0, 0.1) is 13.8 Å². The maximum absolute atomic E-state index is 12.4. The van der Waals surface area contributed by atoms with E-state index in [0.717, 1.165) is 52.9 Å². The van der Waals surface area contributed by atoms with E-state index >= 15 is 0 Å². The minimum absolute atomic E-state index is 0.337. The Morgan fingerprint density at radius 1 is 1.07 bits per heavy atom. The zero-order chi connectivity index (χ0) is 19.9. The third-order valence-corrected chi connectivity index (χ3v) is 4.56. The normalized spacial score (nSPS) is 10.7. The van der Waals surface area contributed by atoms with Gasteiger partial charge in [0.1, 0.15) is 5.56 Å². The lowest BCUT2D eigenvalue weighted by Crippen LogP contribution is -2.14. The lowest BCUT2D eigenvalue weighted by molar-refractivity contribution is 0.0527. The van der Waals surface area contributed by atoms with Gasteiger partial charge in [-0.25, -0.2) is 4.79 Å². The summed E-state index contributed by atoms with van der Waals surface area (Å²) < 4.78 is 5.23. The fraction of sp³-hybridized carbons (Fsp3) is 0.304. The molecule has 2 N–H and O–H groups in total. The minimum Gasteiger partial charge on any atom is -0.462 e. The third-order valence-electron chi connectivity index (χ3n) is 4.56. The summed E-state index contributed by atoms with van der Waals surface area (Å²) in [6.07, 6.45) is 2.53. The molecule has 5 nitrogen and oxygen atoms in total. The highest BCUT2D eigenvalue weighted by molar-refractivity contribution is 6.05. The number of ether oxygens (including phenoxy) is 1. The highest BCUT2D eigenvalue weighted by Crippen LogP contribution is 2.29. The number of aryl methyl sites for hydroxylation is 2. The van der Waals surface area contributed by atoms with E-state index in [2.05, 4.69) is 34.7 Å². The van der Waals surface area contributed by atoms with Crippen molar-refractivity contribution in [1.82, 2.24) is 4.98 Å². The number of fused-ring (bicyclic) bond motifs is 1. The fourth-order valence-corrected chi connectivity index (χ4v) is 3.31. The number of carbonyl (C=O) groups is 1. The van der Waals surface area contributed by atoms with Gasteiger partial charge in [-0.3, -0.25) is 4.98 Å². The summed E-state index contributed by atoms with van der Waals surface area (Å²) in [4.78, 5) is 17.0. The number of rotatable bonds is 8. The molecule has 146 valence electrons. The van der Waals surface area contributed by atoms with E-state index in [4.69, 9.17) is 4.74 Å². The summed E-state index contributed by atoms with van der Waals surface area (Å²) in [6.45, 7) is 7.81. The monoisotopic (exact) mass is 377 g/mol. The highest BCUT2D eigenvalue weighted by atomic mass is 16.5. The zero-order valence-corrected chi connectivity index (χ0v) is 16.7. The topological polar surface area (TPSA) is 63.2 Å². The second kappa shape index (κ2) is 9.22. The third kappa shape index (κ3) is 4.60. The van der Waals surface area contributed by atoms with Gasteiger partial charge in [0.15, 0.2) is 0 Å². The van der Waals surface area contributed by atoms with Crippen molar-refractivity contribution >= 4 is 28.2 Å². The highest BCUT2D eigenvalue weighted by Gasteiger charge is 2.17. The van der Waals surface area contributed by atoms with Gasteiger partial charge < -0.3 is 15.4 Å². The summed E-state index contributed by atoms with van der Waals surface area (Å²) in [5.74, 6) is -0.346. The molecule has 3 aromatic rings. The van der Waals surface area contributed by atoms with E-state index in [-0.39, 0.29) is 5.97 Å². The number of benzene rings is 2. The molecule has 1 heterocycles. The molecule has 0 atom stereocenters. The Balaban J connectivity index is 1.78. The first-order valence-electron chi connectivity index (χ1n) is 9.70. The van der Waals surface area contributed by atoms with Crippen molar-refractivity contribution < 1.29 is 9.53 Å². The first-order chi connectivity index (χ1) is 13.6. The quantitative estimate of drug-likeness (QED) is 0.430. The second-order valence-electron chi connectivity index (χ2n) is 6.82. The summed E-state index contributed by atoms with van der Waals surface area (Å²) >= 11 is 0. The average Bonchev–Trinajstić information content (AvgIpc) is 2.68. The lowest BCUT2D eigenvalue weighted by Gasteiger charge is -2.16. The molecule has 28 heavy (non-hydrogen) atoms. The largest absolute Gasteiger partial charge is 0.462 e. The van der Waals surface area contributed by atoms with Crippen molar-refractivity contribution in [3.8, 4) is 0 Å². The van der Waals surface area contributed by atoms with Gasteiger partial charge in [0, 0.05) is 30.4 Å². The number of esters is 1. The molecule has 0 amide bonds. The molecule has 0 bridgehead atoms. The molecule has 2 aromatic carbocycles. The van der Waals surface area contributed by atoms with Crippen LogP contribution in [0.2, 0.25) is 0 Å². The molecule has 3 rings (SSSR count). The molecule has 0 saturated carbocycles. The van der Waals surface area contributed by atoms with E-state index in [9.17, 15) is 4.79 Å². The van der Waals surface area contributed by atoms with Crippen molar-refractivity contribution in [1.29, 1.82) is 0 Å². The Morgan fingerprint density at radius 3 is 2.57 bits per heavy atom. The van der Waals surface area contributed by atoms with Crippen molar-refractivity contribution in [2.45, 2.75) is 27.2 Å². The minimum atomic E-state index is -0.346. The first kappa shape index (κ1) is 19.7. The van der Waals surface area contributed by atoms with E-state index in [1.54, 1.807) is 6.20 Å². The maximum atomic E-state index is 12.4. The predicted octanol–water partition coefficient (Wildman–Crippen LogP) is 4.94. The van der Waals surface area contributed by atoms with Gasteiger partial charge in [-0.05, 0) is 51.0 Å². The Kier molecular flexibility index (Phi) is 6.48. The fourth-order valence-electron chi connectivity index (χ4n) is 3.31. The Bertz CT molecular complexity index is 955. The van der Waals surface area contributed by atoms with Crippen molar-refractivity contribution in [2.24, 2.45) is 0 Å². The van der Waals surface area contributed by atoms with E-state index in [1.807, 2.05) is 44.2 Å². The van der Waals surface area contributed by atoms with Gasteiger partial charge in [-0.15, -0.1) is 0 Å². The summed E-state index contributed by atoms with van der Waals surface area (Å²) in [5, 5.41) is 7.81.